The monoisotopic (exact) mass is 377 g/mol. The van der Waals surface area contributed by atoms with Crippen LogP contribution in [0.5, 0.6) is 0 Å². The summed E-state index contributed by atoms with van der Waals surface area (Å²) < 4.78 is 0. The number of aromatic nitrogens is 3. The van der Waals surface area contributed by atoms with Crippen LogP contribution in [0.3, 0.4) is 0 Å². The van der Waals surface area contributed by atoms with Crippen molar-refractivity contribution in [1.29, 1.82) is 0 Å². The predicted molar refractivity (Wildman–Crippen MR) is 99.1 cm³/mol. The Morgan fingerprint density at radius 2 is 2.12 bits per heavy atom. The predicted octanol–water partition coefficient (Wildman–Crippen LogP) is 1.66. The van der Waals surface area contributed by atoms with Crippen LogP contribution in [-0.2, 0) is 4.79 Å². The van der Waals surface area contributed by atoms with Gasteiger partial charge in [0, 0.05) is 6.20 Å². The van der Waals surface area contributed by atoms with Gasteiger partial charge < -0.3 is 15.8 Å². The molecule has 2 aromatic heterocycles. The van der Waals surface area contributed by atoms with Crippen molar-refractivity contribution in [2.45, 2.75) is 26.3 Å². The maximum Gasteiger partial charge on any atom is 0.271 e. The number of nitrogens with zero attached hydrogens (tertiary/aromatic N) is 4. The second-order valence-corrected chi connectivity index (χ2v) is 6.48. The van der Waals surface area contributed by atoms with E-state index in [0.717, 1.165) is 6.29 Å². The fraction of sp³-hybridized carbons (Fsp3) is 0.312. The SMILES string of the molecule is CC(C)C[C@H](C=O)N(N)c1cnc(C(N)=O)c(Nc2cncc(Cl)c2)n1. The number of amides is 1. The van der Waals surface area contributed by atoms with Gasteiger partial charge in [-0.1, -0.05) is 25.4 Å². The Bertz CT molecular complexity index is 800. The molecule has 0 bridgehead atoms. The smallest absolute Gasteiger partial charge is 0.271 e. The number of hydrogen-bond donors (Lipinski definition) is 3. The number of hydrazine groups is 1. The highest BCUT2D eigenvalue weighted by Crippen LogP contribution is 2.22. The zero-order valence-corrected chi connectivity index (χ0v) is 15.1. The van der Waals surface area contributed by atoms with Gasteiger partial charge in [-0.2, -0.15) is 0 Å². The average Bonchev–Trinajstić information content (AvgIpc) is 2.58. The van der Waals surface area contributed by atoms with Gasteiger partial charge in [0.15, 0.2) is 17.3 Å². The number of nitrogens with one attached hydrogen (secondary N) is 1. The molecule has 0 radical (unpaired) electrons. The van der Waals surface area contributed by atoms with Crippen LogP contribution in [0.25, 0.3) is 0 Å². The largest absolute Gasteiger partial charge is 0.364 e. The van der Waals surface area contributed by atoms with Crippen LogP contribution in [0.4, 0.5) is 17.3 Å². The lowest BCUT2D eigenvalue weighted by Crippen LogP contribution is -2.44. The third-order valence-corrected chi connectivity index (χ3v) is 3.66. The molecule has 2 aromatic rings. The van der Waals surface area contributed by atoms with Crippen LogP contribution >= 0.6 is 11.6 Å². The van der Waals surface area contributed by atoms with E-state index in [4.69, 9.17) is 23.2 Å². The summed E-state index contributed by atoms with van der Waals surface area (Å²) in [6, 6.07) is 1.02. The van der Waals surface area contributed by atoms with Crippen molar-refractivity contribution in [1.82, 2.24) is 15.0 Å². The average molecular weight is 378 g/mol. The van der Waals surface area contributed by atoms with E-state index in [-0.39, 0.29) is 23.2 Å². The van der Waals surface area contributed by atoms with E-state index in [2.05, 4.69) is 20.3 Å². The molecule has 0 saturated heterocycles. The Kier molecular flexibility index (Phi) is 6.42. The maximum atomic E-state index is 11.6. The number of carbonyl (C=O) groups is 2. The number of halogens is 1. The van der Waals surface area contributed by atoms with Gasteiger partial charge in [0.2, 0.25) is 0 Å². The first-order chi connectivity index (χ1) is 12.3. The number of primary amides is 1. The highest BCUT2D eigenvalue weighted by atomic mass is 35.5. The number of nitrogens with two attached hydrogens (primary N) is 2. The van der Waals surface area contributed by atoms with Crippen molar-refractivity contribution in [3.63, 3.8) is 0 Å². The van der Waals surface area contributed by atoms with Gasteiger partial charge >= 0.3 is 0 Å². The molecule has 0 saturated carbocycles. The van der Waals surface area contributed by atoms with Crippen molar-refractivity contribution in [2.75, 3.05) is 10.3 Å². The second kappa shape index (κ2) is 8.54. The van der Waals surface area contributed by atoms with Gasteiger partial charge in [0.05, 0.1) is 23.1 Å². The molecule has 2 heterocycles. The van der Waals surface area contributed by atoms with Crippen molar-refractivity contribution >= 4 is 41.1 Å². The molecular formula is C16H20ClN7O2. The quantitative estimate of drug-likeness (QED) is 0.358. The van der Waals surface area contributed by atoms with Gasteiger partial charge in [-0.25, -0.2) is 15.8 Å². The minimum absolute atomic E-state index is 0.0753. The van der Waals surface area contributed by atoms with Crippen LogP contribution in [-0.4, -0.2) is 33.2 Å². The summed E-state index contributed by atoms with van der Waals surface area (Å²) in [7, 11) is 0. The highest BCUT2D eigenvalue weighted by molar-refractivity contribution is 6.30. The van der Waals surface area contributed by atoms with Crippen LogP contribution in [0.2, 0.25) is 5.02 Å². The lowest BCUT2D eigenvalue weighted by Gasteiger charge is -2.25. The first kappa shape index (κ1) is 19.5. The highest BCUT2D eigenvalue weighted by Gasteiger charge is 2.21. The van der Waals surface area contributed by atoms with Gasteiger partial charge in [-0.3, -0.25) is 14.8 Å². The second-order valence-electron chi connectivity index (χ2n) is 6.05. The molecule has 2 rings (SSSR count). The van der Waals surface area contributed by atoms with Crippen LogP contribution in [0.15, 0.2) is 24.7 Å². The number of hydrogen-bond acceptors (Lipinski definition) is 8. The molecule has 5 N–H and O–H groups in total. The van der Waals surface area contributed by atoms with Crippen molar-refractivity contribution in [3.05, 3.63) is 35.4 Å². The summed E-state index contributed by atoms with van der Waals surface area (Å²) in [5.41, 5.74) is 5.77. The van der Waals surface area contributed by atoms with Crippen LogP contribution in [0, 0.1) is 5.92 Å². The van der Waals surface area contributed by atoms with Crippen LogP contribution in [0.1, 0.15) is 30.8 Å². The zero-order chi connectivity index (χ0) is 19.3. The topological polar surface area (TPSA) is 140 Å². The van der Waals surface area contributed by atoms with E-state index in [1.807, 2.05) is 13.8 Å². The molecule has 0 aromatic carbocycles. The molecule has 0 aliphatic carbocycles. The van der Waals surface area contributed by atoms with E-state index in [9.17, 15) is 9.59 Å². The molecule has 0 aliphatic heterocycles. The normalized spacial score (nSPS) is 11.9. The number of aldehydes is 1. The van der Waals surface area contributed by atoms with E-state index < -0.39 is 11.9 Å². The summed E-state index contributed by atoms with van der Waals surface area (Å²) in [4.78, 5) is 35.3. The lowest BCUT2D eigenvalue weighted by molar-refractivity contribution is -0.109. The molecule has 0 spiro atoms. The molecule has 0 aliphatic rings. The zero-order valence-electron chi connectivity index (χ0n) is 14.4. The molecule has 1 amide bonds. The lowest BCUT2D eigenvalue weighted by atomic mass is 10.0. The Balaban J connectivity index is 2.38. The Morgan fingerprint density at radius 3 is 2.69 bits per heavy atom. The molecule has 0 unspecified atom stereocenters. The first-order valence-corrected chi connectivity index (χ1v) is 8.23. The van der Waals surface area contributed by atoms with Gasteiger partial charge in [-0.05, 0) is 18.4 Å². The molecule has 10 heteroatoms. The maximum absolute atomic E-state index is 11.6. The Morgan fingerprint density at radius 1 is 1.38 bits per heavy atom. The van der Waals surface area contributed by atoms with Crippen molar-refractivity contribution in [3.8, 4) is 0 Å². The standard InChI is InChI=1S/C16H20ClN7O2/c1-9(2)3-12(8-25)24(19)13-7-21-14(15(18)26)16(23-13)22-11-4-10(17)5-20-6-11/h4-9,12H,3,19H2,1-2H3,(H2,18,26)(H,22,23)/t12-/m1/s1. The molecule has 1 atom stereocenters. The van der Waals surface area contributed by atoms with Crippen molar-refractivity contribution in [2.24, 2.45) is 17.5 Å². The van der Waals surface area contributed by atoms with Crippen molar-refractivity contribution < 1.29 is 9.59 Å². The number of carbonyl (C=O) groups excluding carboxylic acids is 2. The van der Waals surface area contributed by atoms with Gasteiger partial charge in [-0.15, -0.1) is 0 Å². The summed E-state index contributed by atoms with van der Waals surface area (Å²) in [5.74, 6) is 5.82. The van der Waals surface area contributed by atoms with E-state index >= 15 is 0 Å². The summed E-state index contributed by atoms with van der Waals surface area (Å²) in [6.07, 6.45) is 5.54. The summed E-state index contributed by atoms with van der Waals surface area (Å²) >= 11 is 5.91. The molecule has 138 valence electrons. The van der Waals surface area contributed by atoms with Gasteiger partial charge in [0.25, 0.3) is 5.91 Å². The summed E-state index contributed by atoms with van der Waals surface area (Å²) in [6.45, 7) is 3.96. The number of anilines is 3. The molecule has 26 heavy (non-hydrogen) atoms. The summed E-state index contributed by atoms with van der Waals surface area (Å²) in [5, 5.41) is 4.51. The fourth-order valence-corrected chi connectivity index (χ4v) is 2.45. The van der Waals surface area contributed by atoms with Crippen LogP contribution < -0.4 is 21.9 Å². The molecule has 0 fully saturated rings. The molecule has 9 nitrogen and oxygen atoms in total. The van der Waals surface area contributed by atoms with E-state index in [1.54, 1.807) is 6.07 Å². The minimum Gasteiger partial charge on any atom is -0.364 e. The Labute approximate surface area is 155 Å². The number of pyridine rings is 1. The molecular weight excluding hydrogens is 358 g/mol. The fourth-order valence-electron chi connectivity index (χ4n) is 2.28. The minimum atomic E-state index is -0.765. The first-order valence-electron chi connectivity index (χ1n) is 7.85. The number of rotatable bonds is 8. The third-order valence-electron chi connectivity index (χ3n) is 3.45. The third kappa shape index (κ3) is 4.87. The van der Waals surface area contributed by atoms with Gasteiger partial charge in [0.1, 0.15) is 12.3 Å². The van der Waals surface area contributed by atoms with E-state index in [1.165, 1.54) is 23.6 Å². The van der Waals surface area contributed by atoms with E-state index in [0.29, 0.717) is 17.1 Å². The Hall–Kier alpha value is -2.78.